The zero-order chi connectivity index (χ0) is 11.5. The zero-order valence-corrected chi connectivity index (χ0v) is 9.86. The van der Waals surface area contributed by atoms with Gasteiger partial charge in [-0.1, -0.05) is 13.8 Å². The van der Waals surface area contributed by atoms with Crippen LogP contribution in [0.15, 0.2) is 12.5 Å². The van der Waals surface area contributed by atoms with Crippen LogP contribution in [0.1, 0.15) is 32.4 Å². The van der Waals surface area contributed by atoms with E-state index >= 15 is 0 Å². The van der Waals surface area contributed by atoms with Crippen molar-refractivity contribution in [2.45, 2.75) is 33.2 Å². The van der Waals surface area contributed by atoms with Gasteiger partial charge in [0.25, 0.3) is 0 Å². The molecule has 2 N–H and O–H groups in total. The van der Waals surface area contributed by atoms with E-state index in [9.17, 15) is 4.79 Å². The summed E-state index contributed by atoms with van der Waals surface area (Å²) < 4.78 is 0. The molecular formula is C12H19N3O. The number of aromatic nitrogens is 2. The van der Waals surface area contributed by atoms with Crippen LogP contribution >= 0.6 is 0 Å². The molecule has 4 nitrogen and oxygen atoms in total. The number of amides is 1. The molecule has 0 aromatic carbocycles. The number of imidazole rings is 1. The Balaban J connectivity index is 1.70. The van der Waals surface area contributed by atoms with E-state index in [1.807, 2.05) is 0 Å². The first-order valence-corrected chi connectivity index (χ1v) is 5.92. The summed E-state index contributed by atoms with van der Waals surface area (Å²) in [5.74, 6) is 1.85. The van der Waals surface area contributed by atoms with Crippen LogP contribution in [0.5, 0.6) is 0 Å². The normalized spacial score (nSPS) is 24.2. The van der Waals surface area contributed by atoms with Crippen LogP contribution in [0.3, 0.4) is 0 Å². The van der Waals surface area contributed by atoms with Gasteiger partial charge in [0.15, 0.2) is 0 Å². The average molecular weight is 221 g/mol. The lowest BCUT2D eigenvalue weighted by Crippen LogP contribution is -2.40. The van der Waals surface area contributed by atoms with E-state index in [-0.39, 0.29) is 11.8 Å². The first-order chi connectivity index (χ1) is 7.66. The number of hydrogen-bond acceptors (Lipinski definition) is 2. The molecule has 1 amide bonds. The fraction of sp³-hybridized carbons (Fsp3) is 0.667. The number of nitrogens with zero attached hydrogens (tertiary/aromatic N) is 1. The van der Waals surface area contributed by atoms with Crippen molar-refractivity contribution in [2.24, 2.45) is 17.8 Å². The number of rotatable bonds is 4. The first kappa shape index (κ1) is 11.2. The van der Waals surface area contributed by atoms with E-state index in [2.05, 4.69) is 29.1 Å². The molecule has 1 aliphatic rings. The minimum atomic E-state index is 0.180. The number of aromatic amines is 1. The third kappa shape index (κ3) is 2.43. The second-order valence-corrected chi connectivity index (χ2v) is 4.95. The average Bonchev–Trinajstić information content (AvgIpc) is 2.63. The van der Waals surface area contributed by atoms with Crippen LogP contribution in [0.2, 0.25) is 0 Å². The van der Waals surface area contributed by atoms with E-state index in [0.29, 0.717) is 12.5 Å². The van der Waals surface area contributed by atoms with Gasteiger partial charge in [0, 0.05) is 12.1 Å². The zero-order valence-electron chi connectivity index (χ0n) is 9.86. The maximum absolute atomic E-state index is 11.7. The standard InChI is InChI=1S/C12H19N3O/c1-8(2)9-3-10(4-9)12(16)14-6-11-5-13-7-15-11/h5,7-10H,3-4,6H2,1-2H3,(H,13,15)(H,14,16). The van der Waals surface area contributed by atoms with Gasteiger partial charge < -0.3 is 10.3 Å². The molecule has 0 radical (unpaired) electrons. The number of H-pyrrole nitrogens is 1. The molecule has 0 bridgehead atoms. The van der Waals surface area contributed by atoms with Gasteiger partial charge in [0.2, 0.25) is 5.91 Å². The second-order valence-electron chi connectivity index (χ2n) is 4.95. The van der Waals surface area contributed by atoms with E-state index in [1.54, 1.807) is 12.5 Å². The summed E-state index contributed by atoms with van der Waals surface area (Å²) in [5, 5.41) is 2.93. The van der Waals surface area contributed by atoms with Crippen molar-refractivity contribution >= 4 is 5.91 Å². The highest BCUT2D eigenvalue weighted by Crippen LogP contribution is 2.38. The Morgan fingerprint density at radius 3 is 2.94 bits per heavy atom. The molecule has 4 heteroatoms. The Bertz CT molecular complexity index is 339. The molecule has 1 saturated carbocycles. The van der Waals surface area contributed by atoms with Crippen LogP contribution in [-0.2, 0) is 11.3 Å². The maximum Gasteiger partial charge on any atom is 0.223 e. The van der Waals surface area contributed by atoms with Crippen LogP contribution in [0.4, 0.5) is 0 Å². The molecule has 0 spiro atoms. The molecule has 0 saturated heterocycles. The Morgan fingerprint density at radius 2 is 2.38 bits per heavy atom. The van der Waals surface area contributed by atoms with Crippen molar-refractivity contribution in [3.05, 3.63) is 18.2 Å². The summed E-state index contributed by atoms with van der Waals surface area (Å²) in [4.78, 5) is 18.7. The SMILES string of the molecule is CC(C)C1CC(C(=O)NCc2c[nH]cn2)C1. The molecule has 0 atom stereocenters. The minimum Gasteiger partial charge on any atom is -0.351 e. The molecule has 1 aromatic heterocycles. The smallest absolute Gasteiger partial charge is 0.223 e. The molecule has 2 rings (SSSR count). The van der Waals surface area contributed by atoms with Gasteiger partial charge in [-0.15, -0.1) is 0 Å². The summed E-state index contributed by atoms with van der Waals surface area (Å²) in [5.41, 5.74) is 0.882. The lowest BCUT2D eigenvalue weighted by atomic mass is 9.69. The van der Waals surface area contributed by atoms with Crippen LogP contribution in [-0.4, -0.2) is 15.9 Å². The lowest BCUT2D eigenvalue weighted by Gasteiger charge is -2.36. The first-order valence-electron chi connectivity index (χ1n) is 5.92. The van der Waals surface area contributed by atoms with Gasteiger partial charge in [0.1, 0.15) is 0 Å². The summed E-state index contributed by atoms with van der Waals surface area (Å²) in [7, 11) is 0. The predicted molar refractivity (Wildman–Crippen MR) is 61.5 cm³/mol. The Kier molecular flexibility index (Phi) is 3.27. The second kappa shape index (κ2) is 4.68. The Morgan fingerprint density at radius 1 is 1.62 bits per heavy atom. The van der Waals surface area contributed by atoms with Gasteiger partial charge in [-0.25, -0.2) is 4.98 Å². The van der Waals surface area contributed by atoms with Crippen LogP contribution in [0, 0.1) is 17.8 Å². The third-order valence-electron chi connectivity index (χ3n) is 3.49. The van der Waals surface area contributed by atoms with Crippen LogP contribution in [0.25, 0.3) is 0 Å². The highest BCUT2D eigenvalue weighted by Gasteiger charge is 2.35. The fourth-order valence-corrected chi connectivity index (χ4v) is 2.13. The molecular weight excluding hydrogens is 202 g/mol. The summed E-state index contributed by atoms with van der Waals surface area (Å²) >= 11 is 0. The number of nitrogens with one attached hydrogen (secondary N) is 2. The van der Waals surface area contributed by atoms with Crippen LogP contribution < -0.4 is 5.32 Å². The Labute approximate surface area is 95.9 Å². The van der Waals surface area contributed by atoms with E-state index in [0.717, 1.165) is 24.5 Å². The summed E-state index contributed by atoms with van der Waals surface area (Å²) in [6.07, 6.45) is 5.52. The third-order valence-corrected chi connectivity index (χ3v) is 3.49. The highest BCUT2D eigenvalue weighted by molar-refractivity contribution is 5.79. The van der Waals surface area contributed by atoms with Gasteiger partial charge in [0.05, 0.1) is 18.6 Å². The van der Waals surface area contributed by atoms with Crippen molar-refractivity contribution < 1.29 is 4.79 Å². The predicted octanol–water partition coefficient (Wildman–Crippen LogP) is 1.71. The van der Waals surface area contributed by atoms with E-state index in [4.69, 9.17) is 0 Å². The van der Waals surface area contributed by atoms with Crippen molar-refractivity contribution in [1.82, 2.24) is 15.3 Å². The molecule has 0 aliphatic heterocycles. The number of carbonyl (C=O) groups is 1. The van der Waals surface area contributed by atoms with Crippen molar-refractivity contribution in [3.63, 3.8) is 0 Å². The number of carbonyl (C=O) groups excluding carboxylic acids is 1. The fourth-order valence-electron chi connectivity index (χ4n) is 2.13. The maximum atomic E-state index is 11.7. The molecule has 1 aromatic rings. The molecule has 1 heterocycles. The summed E-state index contributed by atoms with van der Waals surface area (Å²) in [6, 6.07) is 0. The van der Waals surface area contributed by atoms with Crippen molar-refractivity contribution in [3.8, 4) is 0 Å². The minimum absolute atomic E-state index is 0.180. The van der Waals surface area contributed by atoms with Gasteiger partial charge in [-0.3, -0.25) is 4.79 Å². The van der Waals surface area contributed by atoms with E-state index in [1.165, 1.54) is 0 Å². The number of hydrogen-bond donors (Lipinski definition) is 2. The topological polar surface area (TPSA) is 57.8 Å². The van der Waals surface area contributed by atoms with Gasteiger partial charge in [-0.05, 0) is 24.7 Å². The van der Waals surface area contributed by atoms with Crippen molar-refractivity contribution in [2.75, 3.05) is 0 Å². The highest BCUT2D eigenvalue weighted by atomic mass is 16.1. The molecule has 16 heavy (non-hydrogen) atoms. The lowest BCUT2D eigenvalue weighted by molar-refractivity contribution is -0.129. The molecule has 88 valence electrons. The largest absolute Gasteiger partial charge is 0.351 e. The van der Waals surface area contributed by atoms with Gasteiger partial charge in [-0.2, -0.15) is 0 Å². The monoisotopic (exact) mass is 221 g/mol. The van der Waals surface area contributed by atoms with Crippen molar-refractivity contribution in [1.29, 1.82) is 0 Å². The molecule has 0 unspecified atom stereocenters. The molecule has 1 fully saturated rings. The quantitative estimate of drug-likeness (QED) is 0.813. The van der Waals surface area contributed by atoms with E-state index < -0.39 is 0 Å². The summed E-state index contributed by atoms with van der Waals surface area (Å²) in [6.45, 7) is 4.98. The van der Waals surface area contributed by atoms with Gasteiger partial charge >= 0.3 is 0 Å². The Hall–Kier alpha value is -1.32. The molecule has 1 aliphatic carbocycles.